The van der Waals surface area contributed by atoms with E-state index in [1.165, 1.54) is 12.1 Å². The van der Waals surface area contributed by atoms with E-state index in [9.17, 15) is 9.18 Å². The van der Waals surface area contributed by atoms with Crippen LogP contribution in [0.25, 0.3) is 0 Å². The Morgan fingerprint density at radius 2 is 1.87 bits per heavy atom. The minimum absolute atomic E-state index is 0.0958. The van der Waals surface area contributed by atoms with Crippen molar-refractivity contribution in [2.75, 3.05) is 47.1 Å². The number of methoxy groups -OCH3 is 2. The van der Waals surface area contributed by atoms with Gasteiger partial charge in [0.2, 0.25) is 0 Å². The average Bonchev–Trinajstić information content (AvgIpc) is 3.56. The second kappa shape index (κ2) is 13.9. The summed E-state index contributed by atoms with van der Waals surface area (Å²) in [5, 5.41) is 3.56. The molecule has 1 saturated carbocycles. The first-order valence-corrected chi connectivity index (χ1v) is 17.1. The monoisotopic (exact) mass is 649 g/mol. The zero-order valence-electron chi connectivity index (χ0n) is 28.2. The van der Waals surface area contributed by atoms with Gasteiger partial charge >= 0.3 is 6.03 Å². The third-order valence-corrected chi connectivity index (χ3v) is 10.9. The van der Waals surface area contributed by atoms with Gasteiger partial charge in [0.25, 0.3) is 0 Å². The van der Waals surface area contributed by atoms with Gasteiger partial charge in [-0.25, -0.2) is 13.6 Å². The van der Waals surface area contributed by atoms with Crippen LogP contribution in [-0.2, 0) is 4.74 Å². The lowest BCUT2D eigenvalue weighted by Gasteiger charge is -2.56. The van der Waals surface area contributed by atoms with Crippen LogP contribution in [-0.4, -0.2) is 91.2 Å². The Labute approximate surface area is 277 Å². The lowest BCUT2D eigenvalue weighted by atomic mass is 9.65. The maximum atomic E-state index is 15.2. The molecule has 1 aliphatic carbocycles. The molecule has 0 aromatic heterocycles. The fourth-order valence-corrected chi connectivity index (χ4v) is 8.60. The lowest BCUT2D eigenvalue weighted by Crippen LogP contribution is -2.66. The zero-order chi connectivity index (χ0) is 33.2. The quantitative estimate of drug-likeness (QED) is 0.353. The van der Waals surface area contributed by atoms with Gasteiger partial charge in [0.15, 0.2) is 0 Å². The molecule has 10 heteroatoms. The normalized spacial score (nSPS) is 25.9. The van der Waals surface area contributed by atoms with Crippen molar-refractivity contribution in [1.29, 1.82) is 0 Å². The first kappa shape index (κ1) is 33.4. The molecule has 4 aliphatic rings. The number of urea groups is 1. The molecule has 2 saturated heterocycles. The summed E-state index contributed by atoms with van der Waals surface area (Å²) in [6, 6.07) is 11.2. The Morgan fingerprint density at radius 3 is 2.57 bits per heavy atom. The third kappa shape index (κ3) is 6.64. The predicted molar refractivity (Wildman–Crippen MR) is 180 cm³/mol. The number of carbonyl (C=O) groups excluding carboxylic acids is 1. The maximum absolute atomic E-state index is 15.2. The Bertz CT molecular complexity index is 1490. The maximum Gasteiger partial charge on any atom is 0.320 e. The highest BCUT2D eigenvalue weighted by Crippen LogP contribution is 2.53. The number of hydrogen-bond donors (Lipinski definition) is 1. The largest absolute Gasteiger partial charge is 0.496 e. The van der Waals surface area contributed by atoms with Crippen molar-refractivity contribution in [2.24, 2.45) is 10.4 Å². The number of piperidine rings is 2. The number of hydrogen-bond acceptors (Lipinski definition) is 6. The van der Waals surface area contributed by atoms with Crippen LogP contribution in [0.1, 0.15) is 76.0 Å². The van der Waals surface area contributed by atoms with Crippen LogP contribution >= 0.6 is 0 Å². The summed E-state index contributed by atoms with van der Waals surface area (Å²) in [7, 11) is 3.48. The number of nitrogens with zero attached hydrogens (tertiary/aromatic N) is 4. The molecular weight excluding hydrogens is 600 g/mol. The van der Waals surface area contributed by atoms with Crippen LogP contribution < -0.4 is 10.1 Å². The number of nitrogens with one attached hydrogen (secondary N) is 1. The molecule has 6 rings (SSSR count). The van der Waals surface area contributed by atoms with Crippen LogP contribution in [0.15, 0.2) is 59.7 Å². The Hall–Kier alpha value is -3.50. The summed E-state index contributed by atoms with van der Waals surface area (Å²) < 4.78 is 41.7. The van der Waals surface area contributed by atoms with E-state index >= 15 is 4.39 Å². The standard InChI is InChI=1S/C37H49F2N5O3/c1-26(2)41-28-13-19-44(33(22-28)30-21-27(38)11-12-31(30)39)35(45)43-20-17-37(47-4,36(23-43)15-7-8-16-36)24-42-18-14-32(40-25-42)29-9-5-6-10-34(29)46-3/h5-6,9-12,14,18,21,26,28,33,41H,7-8,13,15-17,19-20,22-25H2,1-4H3/t28-,33+,37-/m1/s1. The molecule has 1 N–H and O–H groups in total. The number of allylic oxidation sites excluding steroid dienone is 1. The molecule has 1 spiro atoms. The smallest absolute Gasteiger partial charge is 0.320 e. The molecule has 0 radical (unpaired) electrons. The van der Waals surface area contributed by atoms with E-state index in [0.29, 0.717) is 45.7 Å². The summed E-state index contributed by atoms with van der Waals surface area (Å²) in [6.45, 7) is 6.94. The van der Waals surface area contributed by atoms with Crippen LogP contribution in [0.4, 0.5) is 13.6 Å². The lowest BCUT2D eigenvalue weighted by molar-refractivity contribution is -0.158. The number of amides is 2. The molecule has 47 heavy (non-hydrogen) atoms. The second-order valence-corrected chi connectivity index (χ2v) is 14.0. The fourth-order valence-electron chi connectivity index (χ4n) is 8.60. The summed E-state index contributed by atoms with van der Waals surface area (Å²) in [6.07, 6.45) is 10.2. The zero-order valence-corrected chi connectivity index (χ0v) is 28.2. The molecule has 8 nitrogen and oxygen atoms in total. The molecule has 0 unspecified atom stereocenters. The van der Waals surface area contributed by atoms with Crippen LogP contribution in [0.5, 0.6) is 5.75 Å². The predicted octanol–water partition coefficient (Wildman–Crippen LogP) is 6.52. The number of likely N-dealkylation sites (tertiary alicyclic amines) is 2. The number of halogens is 2. The van der Waals surface area contributed by atoms with Crippen molar-refractivity contribution >= 4 is 11.7 Å². The van der Waals surface area contributed by atoms with Crippen LogP contribution in [0.2, 0.25) is 0 Å². The second-order valence-electron chi connectivity index (χ2n) is 14.0. The number of aliphatic imine (C=N–C) groups is 1. The Morgan fingerprint density at radius 1 is 1.09 bits per heavy atom. The van der Waals surface area contributed by atoms with Gasteiger partial charge in [-0.3, -0.25) is 4.99 Å². The van der Waals surface area contributed by atoms with E-state index in [2.05, 4.69) is 30.3 Å². The molecule has 3 fully saturated rings. The SMILES string of the molecule is COc1ccccc1C1=NCN(C[C@]2(OC)CCN(C(=O)N3CC[C@@H](NC(C)C)C[C@H]3c3cc(F)ccc3F)CC23CCCC3)C=C1. The molecule has 254 valence electrons. The average molecular weight is 650 g/mol. The van der Waals surface area contributed by atoms with E-state index in [1.54, 1.807) is 12.0 Å². The third-order valence-electron chi connectivity index (χ3n) is 10.9. The summed E-state index contributed by atoms with van der Waals surface area (Å²) in [4.78, 5) is 25.3. The van der Waals surface area contributed by atoms with E-state index in [0.717, 1.165) is 55.2 Å². The minimum atomic E-state index is -0.550. The first-order valence-electron chi connectivity index (χ1n) is 17.1. The Kier molecular flexibility index (Phi) is 9.90. The highest BCUT2D eigenvalue weighted by Gasteiger charge is 2.57. The molecule has 2 aromatic carbocycles. The van der Waals surface area contributed by atoms with Crippen molar-refractivity contribution in [3.8, 4) is 5.75 Å². The van der Waals surface area contributed by atoms with Crippen molar-refractivity contribution in [3.05, 3.63) is 77.5 Å². The van der Waals surface area contributed by atoms with E-state index in [4.69, 9.17) is 14.5 Å². The summed E-state index contributed by atoms with van der Waals surface area (Å²) >= 11 is 0. The summed E-state index contributed by atoms with van der Waals surface area (Å²) in [5.74, 6) is -0.177. The van der Waals surface area contributed by atoms with Gasteiger partial charge < -0.3 is 29.5 Å². The van der Waals surface area contributed by atoms with E-state index in [1.807, 2.05) is 42.4 Å². The van der Waals surface area contributed by atoms with E-state index in [-0.39, 0.29) is 29.1 Å². The van der Waals surface area contributed by atoms with Gasteiger partial charge in [-0.15, -0.1) is 0 Å². The fraction of sp³-hybridized carbons (Fsp3) is 0.568. The van der Waals surface area contributed by atoms with Crippen molar-refractivity contribution in [2.45, 2.75) is 82.5 Å². The van der Waals surface area contributed by atoms with Crippen molar-refractivity contribution in [1.82, 2.24) is 20.0 Å². The first-order chi connectivity index (χ1) is 22.7. The molecule has 2 amide bonds. The van der Waals surface area contributed by atoms with Gasteiger partial charge in [0, 0.05) is 68.1 Å². The minimum Gasteiger partial charge on any atom is -0.496 e. The highest BCUT2D eigenvalue weighted by molar-refractivity contribution is 6.10. The number of carbonyl (C=O) groups is 1. The van der Waals surface area contributed by atoms with Gasteiger partial charge in [0.1, 0.15) is 24.1 Å². The number of ether oxygens (including phenoxy) is 2. The van der Waals surface area contributed by atoms with E-state index < -0.39 is 23.3 Å². The van der Waals surface area contributed by atoms with Gasteiger partial charge in [-0.2, -0.15) is 0 Å². The number of para-hydroxylation sites is 1. The molecule has 3 aliphatic heterocycles. The van der Waals surface area contributed by atoms with Gasteiger partial charge in [0.05, 0.1) is 24.5 Å². The molecule has 3 atom stereocenters. The van der Waals surface area contributed by atoms with Crippen LogP contribution in [0, 0.1) is 17.0 Å². The van der Waals surface area contributed by atoms with Crippen LogP contribution in [0.3, 0.4) is 0 Å². The van der Waals surface area contributed by atoms with Crippen molar-refractivity contribution < 1.29 is 23.0 Å². The van der Waals surface area contributed by atoms with Gasteiger partial charge in [-0.05, 0) is 68.5 Å². The molecular formula is C37H49F2N5O3. The topological polar surface area (TPSA) is 69.6 Å². The summed E-state index contributed by atoms with van der Waals surface area (Å²) in [5.41, 5.74) is 1.43. The van der Waals surface area contributed by atoms with Crippen molar-refractivity contribution in [3.63, 3.8) is 0 Å². The highest BCUT2D eigenvalue weighted by atomic mass is 19.1. The number of rotatable bonds is 8. The number of benzene rings is 2. The molecule has 2 aromatic rings. The molecule has 0 bridgehead atoms. The Balaban J connectivity index is 1.21. The molecule has 3 heterocycles. The van der Waals surface area contributed by atoms with Gasteiger partial charge in [-0.1, -0.05) is 38.8 Å².